The fourth-order valence-electron chi connectivity index (χ4n) is 3.47. The molecule has 0 aliphatic heterocycles. The fraction of sp³-hybridized carbons (Fsp3) is 0.458. The molecular formula is C24H32O3S. The summed E-state index contributed by atoms with van der Waals surface area (Å²) in [5, 5.41) is 9.52. The van der Waals surface area contributed by atoms with Gasteiger partial charge >= 0.3 is 5.97 Å². The Morgan fingerprint density at radius 2 is 1.46 bits per heavy atom. The maximum absolute atomic E-state index is 11.6. The molecule has 2 aromatic rings. The number of rotatable bonds is 12. The second kappa shape index (κ2) is 12.6. The molecule has 0 aliphatic carbocycles. The molecule has 28 heavy (non-hydrogen) atoms. The van der Waals surface area contributed by atoms with Crippen LogP contribution >= 0.6 is 12.6 Å². The van der Waals surface area contributed by atoms with Crippen molar-refractivity contribution >= 4 is 18.6 Å². The predicted molar refractivity (Wildman–Crippen MR) is 118 cm³/mol. The first-order valence-corrected chi connectivity index (χ1v) is 10.7. The number of benzene rings is 2. The lowest BCUT2D eigenvalue weighted by Gasteiger charge is -2.19. The number of thiol groups is 1. The first-order valence-electron chi connectivity index (χ1n) is 10.2. The van der Waals surface area contributed by atoms with Crippen molar-refractivity contribution in [2.24, 2.45) is 0 Å². The number of carbonyl (C=O) groups is 1. The van der Waals surface area contributed by atoms with E-state index in [-0.39, 0.29) is 0 Å². The molecule has 2 atom stereocenters. The lowest BCUT2D eigenvalue weighted by Crippen LogP contribution is -2.27. The third-order valence-electron chi connectivity index (χ3n) is 5.12. The molecule has 0 spiro atoms. The lowest BCUT2D eigenvalue weighted by atomic mass is 9.96. The summed E-state index contributed by atoms with van der Waals surface area (Å²) in [7, 11) is 1.28. The van der Waals surface area contributed by atoms with E-state index in [1.807, 2.05) is 18.2 Å². The van der Waals surface area contributed by atoms with E-state index < -0.39 is 17.3 Å². The lowest BCUT2D eigenvalue weighted by molar-refractivity contribution is -0.150. The number of unbranched alkanes of at least 4 members (excludes halogenated alkanes) is 5. The maximum atomic E-state index is 11.6. The van der Waals surface area contributed by atoms with Gasteiger partial charge in [-0.2, -0.15) is 12.6 Å². The van der Waals surface area contributed by atoms with Crippen LogP contribution in [0.1, 0.15) is 60.5 Å². The summed E-state index contributed by atoms with van der Waals surface area (Å²) in [6.07, 6.45) is 8.18. The van der Waals surface area contributed by atoms with Crippen LogP contribution in [-0.2, 0) is 22.4 Å². The van der Waals surface area contributed by atoms with E-state index in [1.165, 1.54) is 51.2 Å². The molecule has 0 amide bonds. The largest absolute Gasteiger partial charge is 0.467 e. The molecule has 0 aromatic heterocycles. The second-order valence-electron chi connectivity index (χ2n) is 7.22. The highest BCUT2D eigenvalue weighted by Crippen LogP contribution is 2.28. The van der Waals surface area contributed by atoms with Crippen molar-refractivity contribution in [2.45, 2.75) is 62.7 Å². The Kier molecular flexibility index (Phi) is 10.2. The Bertz CT molecular complexity index is 702. The van der Waals surface area contributed by atoms with Gasteiger partial charge in [-0.1, -0.05) is 80.3 Å². The van der Waals surface area contributed by atoms with E-state index in [0.29, 0.717) is 0 Å². The van der Waals surface area contributed by atoms with Gasteiger partial charge in [-0.3, -0.25) is 0 Å². The molecule has 0 fully saturated rings. The van der Waals surface area contributed by atoms with Crippen LogP contribution in [0.2, 0.25) is 0 Å². The van der Waals surface area contributed by atoms with E-state index in [4.69, 9.17) is 0 Å². The number of methoxy groups -OCH3 is 1. The van der Waals surface area contributed by atoms with Gasteiger partial charge < -0.3 is 9.84 Å². The first kappa shape index (κ1) is 22.5. The van der Waals surface area contributed by atoms with Gasteiger partial charge in [0, 0.05) is 0 Å². The SMILES string of the molecule is COC(=O)[C@H](O)[C@H](S)c1ccccc1CCCCCCCCc1ccccc1. The van der Waals surface area contributed by atoms with Crippen molar-refractivity contribution in [1.29, 1.82) is 0 Å². The summed E-state index contributed by atoms with van der Waals surface area (Å²) in [5.74, 6) is -0.648. The van der Waals surface area contributed by atoms with Crippen LogP contribution in [0.3, 0.4) is 0 Å². The zero-order valence-electron chi connectivity index (χ0n) is 16.7. The van der Waals surface area contributed by atoms with Gasteiger partial charge in [0.1, 0.15) is 0 Å². The molecule has 4 heteroatoms. The minimum atomic E-state index is -1.25. The molecule has 0 saturated heterocycles. The molecule has 2 aromatic carbocycles. The highest BCUT2D eigenvalue weighted by atomic mass is 32.1. The van der Waals surface area contributed by atoms with Gasteiger partial charge in [-0.15, -0.1) is 0 Å². The van der Waals surface area contributed by atoms with E-state index in [1.54, 1.807) is 0 Å². The van der Waals surface area contributed by atoms with E-state index in [2.05, 4.69) is 53.8 Å². The van der Waals surface area contributed by atoms with E-state index >= 15 is 0 Å². The highest BCUT2D eigenvalue weighted by Gasteiger charge is 2.26. The summed E-state index contributed by atoms with van der Waals surface area (Å²) in [5.41, 5.74) is 3.48. The quantitative estimate of drug-likeness (QED) is 0.288. The summed E-state index contributed by atoms with van der Waals surface area (Å²) >= 11 is 4.46. The van der Waals surface area contributed by atoms with Gasteiger partial charge in [0.05, 0.1) is 12.4 Å². The third kappa shape index (κ3) is 7.33. The molecule has 0 saturated carbocycles. The molecule has 0 bridgehead atoms. The van der Waals surface area contributed by atoms with E-state index in [0.717, 1.165) is 24.0 Å². The number of esters is 1. The highest BCUT2D eigenvalue weighted by molar-refractivity contribution is 7.80. The molecule has 1 N–H and O–H groups in total. The number of ether oxygens (including phenoxy) is 1. The van der Waals surface area contributed by atoms with Gasteiger partial charge in [-0.25, -0.2) is 4.79 Å². The average Bonchev–Trinajstić information content (AvgIpc) is 2.75. The molecule has 2 rings (SSSR count). The molecule has 0 aliphatic rings. The molecular weight excluding hydrogens is 368 g/mol. The van der Waals surface area contributed by atoms with Crippen LogP contribution < -0.4 is 0 Å². The number of aliphatic hydroxyl groups excluding tert-OH is 1. The summed E-state index contributed by atoms with van der Waals surface area (Å²) < 4.78 is 4.63. The monoisotopic (exact) mass is 400 g/mol. The van der Waals surface area contributed by atoms with Crippen molar-refractivity contribution < 1.29 is 14.6 Å². The van der Waals surface area contributed by atoms with Gasteiger partial charge in [-0.05, 0) is 42.4 Å². The van der Waals surface area contributed by atoms with Crippen molar-refractivity contribution in [2.75, 3.05) is 7.11 Å². The Labute approximate surface area is 174 Å². The standard InChI is InChI=1S/C24H32O3S/c1-27-24(26)22(25)23(28)21-18-12-11-17-20(21)16-10-5-3-2-4-7-13-19-14-8-6-9-15-19/h6,8-9,11-12,14-15,17-18,22-23,25,28H,2-5,7,10,13,16H2,1H3/t22-,23-/m1/s1. The Morgan fingerprint density at radius 1 is 0.893 bits per heavy atom. The smallest absolute Gasteiger partial charge is 0.336 e. The number of carbonyl (C=O) groups excluding carboxylic acids is 1. The molecule has 3 nitrogen and oxygen atoms in total. The van der Waals surface area contributed by atoms with Crippen LogP contribution in [0.4, 0.5) is 0 Å². The van der Waals surface area contributed by atoms with Crippen molar-refractivity contribution in [3.05, 3.63) is 71.3 Å². The van der Waals surface area contributed by atoms with Crippen molar-refractivity contribution in [3.8, 4) is 0 Å². The second-order valence-corrected chi connectivity index (χ2v) is 7.77. The van der Waals surface area contributed by atoms with Gasteiger partial charge in [0.2, 0.25) is 0 Å². The number of hydrogen-bond donors (Lipinski definition) is 2. The topological polar surface area (TPSA) is 46.5 Å². The van der Waals surface area contributed by atoms with Gasteiger partial charge in [0.25, 0.3) is 0 Å². The predicted octanol–water partition coefficient (Wildman–Crippen LogP) is 5.32. The summed E-state index contributed by atoms with van der Waals surface area (Å²) in [6.45, 7) is 0. The Morgan fingerprint density at radius 3 is 2.14 bits per heavy atom. The molecule has 0 radical (unpaired) electrons. The zero-order valence-corrected chi connectivity index (χ0v) is 17.6. The third-order valence-corrected chi connectivity index (χ3v) is 5.68. The normalized spacial score (nSPS) is 13.1. The van der Waals surface area contributed by atoms with Crippen LogP contribution in [-0.4, -0.2) is 24.3 Å². The first-order chi connectivity index (χ1) is 13.6. The van der Waals surface area contributed by atoms with Crippen molar-refractivity contribution in [1.82, 2.24) is 0 Å². The summed E-state index contributed by atoms with van der Waals surface area (Å²) in [6, 6.07) is 18.6. The number of aliphatic hydroxyl groups is 1. The Hall–Kier alpha value is -1.78. The van der Waals surface area contributed by atoms with Crippen LogP contribution in [0.15, 0.2) is 54.6 Å². The average molecular weight is 401 g/mol. The summed E-state index contributed by atoms with van der Waals surface area (Å²) in [4.78, 5) is 11.6. The van der Waals surface area contributed by atoms with Crippen molar-refractivity contribution in [3.63, 3.8) is 0 Å². The fourth-order valence-corrected chi connectivity index (χ4v) is 3.84. The van der Waals surface area contributed by atoms with Crippen LogP contribution in [0, 0.1) is 0 Å². The van der Waals surface area contributed by atoms with Gasteiger partial charge in [0.15, 0.2) is 6.10 Å². The zero-order chi connectivity index (χ0) is 20.2. The number of hydrogen-bond acceptors (Lipinski definition) is 4. The molecule has 0 unspecified atom stereocenters. The maximum Gasteiger partial charge on any atom is 0.336 e. The number of aryl methyl sites for hydroxylation is 2. The Balaban J connectivity index is 1.68. The minimum Gasteiger partial charge on any atom is -0.467 e. The van der Waals surface area contributed by atoms with Crippen LogP contribution in [0.25, 0.3) is 0 Å². The minimum absolute atomic E-state index is 0.568. The van der Waals surface area contributed by atoms with Crippen LogP contribution in [0.5, 0.6) is 0 Å². The molecule has 0 heterocycles. The van der Waals surface area contributed by atoms with E-state index in [9.17, 15) is 9.90 Å². The molecule has 152 valence electrons.